The molecule has 0 saturated heterocycles. The topological polar surface area (TPSA) is 68.2 Å². The van der Waals surface area contributed by atoms with E-state index in [9.17, 15) is 13.2 Å². The quantitative estimate of drug-likeness (QED) is 0.422. The summed E-state index contributed by atoms with van der Waals surface area (Å²) in [4.78, 5) is 13.2. The average Bonchev–Trinajstić information content (AvgIpc) is 3.13. The van der Waals surface area contributed by atoms with Crippen LogP contribution in [-0.4, -0.2) is 18.9 Å². The van der Waals surface area contributed by atoms with Gasteiger partial charge in [-0.1, -0.05) is 61.9 Å². The number of aryl methyl sites for hydroxylation is 1. The molecule has 0 atom stereocenters. The summed E-state index contributed by atoms with van der Waals surface area (Å²) >= 11 is 0. The number of para-hydroxylation sites is 1. The molecule has 1 aromatic heterocycles. The first-order chi connectivity index (χ1) is 15.3. The zero-order chi connectivity index (χ0) is 22.9. The van der Waals surface area contributed by atoms with Gasteiger partial charge in [0, 0.05) is 22.8 Å². The fourth-order valence-electron chi connectivity index (χ4n) is 3.71. The lowest BCUT2D eigenvalue weighted by atomic mass is 10.0. The second-order valence-electron chi connectivity index (χ2n) is 8.28. The molecule has 0 unspecified atom stereocenters. The Kier molecular flexibility index (Phi) is 5.89. The Labute approximate surface area is 188 Å². The molecule has 0 aliphatic rings. The lowest BCUT2D eigenvalue weighted by Crippen LogP contribution is -2.18. The van der Waals surface area contributed by atoms with Gasteiger partial charge in [-0.3, -0.25) is 4.79 Å². The van der Waals surface area contributed by atoms with Crippen LogP contribution in [0.5, 0.6) is 0 Å². The second kappa shape index (κ2) is 8.63. The van der Waals surface area contributed by atoms with Crippen molar-refractivity contribution in [3.63, 3.8) is 0 Å². The molecule has 4 rings (SSSR count). The Balaban J connectivity index is 1.64. The zero-order valence-electron chi connectivity index (χ0n) is 18.4. The average molecular weight is 447 g/mol. The monoisotopic (exact) mass is 446 g/mol. The van der Waals surface area contributed by atoms with Gasteiger partial charge in [0.2, 0.25) is 15.7 Å². The summed E-state index contributed by atoms with van der Waals surface area (Å²) in [6.07, 6.45) is 1.56. The maximum absolute atomic E-state index is 13.3. The van der Waals surface area contributed by atoms with Crippen LogP contribution in [0, 0.1) is 6.92 Å². The summed E-state index contributed by atoms with van der Waals surface area (Å²) in [6.45, 7) is 6.16. The molecule has 4 aromatic rings. The van der Waals surface area contributed by atoms with E-state index < -0.39 is 9.84 Å². The predicted molar refractivity (Wildman–Crippen MR) is 128 cm³/mol. The van der Waals surface area contributed by atoms with Crippen molar-refractivity contribution >= 4 is 32.3 Å². The first-order valence-electron chi connectivity index (χ1n) is 10.5. The van der Waals surface area contributed by atoms with Gasteiger partial charge >= 0.3 is 0 Å². The summed E-state index contributed by atoms with van der Waals surface area (Å²) in [6, 6.07) is 21.8. The SMILES string of the molecule is Cc1ccc(S(=O)(=O)c2cn(CC(=O)Nc3ccc(C(C)C)cc3)c3ccccc23)cc1. The van der Waals surface area contributed by atoms with Crippen LogP contribution >= 0.6 is 0 Å². The van der Waals surface area contributed by atoms with Gasteiger partial charge in [0.25, 0.3) is 0 Å². The van der Waals surface area contributed by atoms with Gasteiger partial charge in [-0.05, 0) is 48.7 Å². The number of amides is 1. The van der Waals surface area contributed by atoms with E-state index in [1.165, 1.54) is 5.56 Å². The first kappa shape index (κ1) is 21.8. The van der Waals surface area contributed by atoms with E-state index in [1.54, 1.807) is 47.2 Å². The minimum atomic E-state index is -3.72. The van der Waals surface area contributed by atoms with E-state index in [0.29, 0.717) is 22.5 Å². The Morgan fingerprint density at radius 3 is 2.25 bits per heavy atom. The molecule has 0 saturated carbocycles. The molecule has 3 aromatic carbocycles. The van der Waals surface area contributed by atoms with Crippen molar-refractivity contribution in [2.24, 2.45) is 0 Å². The molecule has 164 valence electrons. The largest absolute Gasteiger partial charge is 0.337 e. The Morgan fingerprint density at radius 2 is 1.59 bits per heavy atom. The van der Waals surface area contributed by atoms with Gasteiger partial charge in [-0.2, -0.15) is 0 Å². The molecule has 0 bridgehead atoms. The summed E-state index contributed by atoms with van der Waals surface area (Å²) in [5.41, 5.74) is 3.60. The highest BCUT2D eigenvalue weighted by atomic mass is 32.2. The van der Waals surface area contributed by atoms with Crippen LogP contribution in [0.2, 0.25) is 0 Å². The smallest absolute Gasteiger partial charge is 0.244 e. The van der Waals surface area contributed by atoms with Gasteiger partial charge in [0.15, 0.2) is 0 Å². The van der Waals surface area contributed by atoms with Crippen LogP contribution in [0.3, 0.4) is 0 Å². The third-order valence-electron chi connectivity index (χ3n) is 5.55. The molecule has 0 aliphatic heterocycles. The highest BCUT2D eigenvalue weighted by Crippen LogP contribution is 2.30. The molecule has 1 N–H and O–H groups in total. The predicted octanol–water partition coefficient (Wildman–Crippen LogP) is 5.54. The van der Waals surface area contributed by atoms with Crippen molar-refractivity contribution < 1.29 is 13.2 Å². The molecule has 0 radical (unpaired) electrons. The number of hydrogen-bond donors (Lipinski definition) is 1. The highest BCUT2D eigenvalue weighted by molar-refractivity contribution is 7.91. The Bertz CT molecular complexity index is 1370. The molecule has 5 nitrogen and oxygen atoms in total. The van der Waals surface area contributed by atoms with Crippen molar-refractivity contribution in [1.82, 2.24) is 4.57 Å². The molecule has 1 amide bonds. The van der Waals surface area contributed by atoms with Crippen LogP contribution in [-0.2, 0) is 21.2 Å². The number of fused-ring (bicyclic) bond motifs is 1. The molecule has 0 fully saturated rings. The molecular formula is C26H26N2O3S. The number of carbonyl (C=O) groups excluding carboxylic acids is 1. The minimum absolute atomic E-state index is 0.00978. The number of hydrogen-bond acceptors (Lipinski definition) is 3. The van der Waals surface area contributed by atoms with Gasteiger partial charge in [-0.25, -0.2) is 8.42 Å². The lowest BCUT2D eigenvalue weighted by molar-refractivity contribution is -0.116. The second-order valence-corrected chi connectivity index (χ2v) is 10.2. The first-order valence-corrected chi connectivity index (χ1v) is 12.0. The molecule has 0 aliphatic carbocycles. The number of anilines is 1. The van der Waals surface area contributed by atoms with Gasteiger partial charge in [0.1, 0.15) is 6.54 Å². The van der Waals surface area contributed by atoms with Gasteiger partial charge in [0.05, 0.1) is 9.79 Å². The maximum atomic E-state index is 13.3. The zero-order valence-corrected chi connectivity index (χ0v) is 19.2. The normalized spacial score (nSPS) is 11.8. The number of rotatable bonds is 6. The van der Waals surface area contributed by atoms with Crippen LogP contribution in [0.1, 0.15) is 30.9 Å². The fourth-order valence-corrected chi connectivity index (χ4v) is 5.19. The van der Waals surface area contributed by atoms with Crippen LogP contribution in [0.15, 0.2) is 88.8 Å². The standard InChI is InChI=1S/C26H26N2O3S/c1-18(2)20-10-12-21(13-11-20)27-26(29)17-28-16-25(23-6-4-5-7-24(23)28)32(30,31)22-14-8-19(3)9-15-22/h4-16,18H,17H2,1-3H3,(H,27,29). The van der Waals surface area contributed by atoms with E-state index in [4.69, 9.17) is 0 Å². The summed E-state index contributed by atoms with van der Waals surface area (Å²) in [5.74, 6) is 0.197. The van der Waals surface area contributed by atoms with Crippen molar-refractivity contribution in [3.05, 3.63) is 90.1 Å². The van der Waals surface area contributed by atoms with Crippen LogP contribution < -0.4 is 5.32 Å². The fraction of sp³-hybridized carbons (Fsp3) is 0.192. The number of sulfone groups is 1. The summed E-state index contributed by atoms with van der Waals surface area (Å²) < 4.78 is 28.3. The van der Waals surface area contributed by atoms with E-state index in [1.807, 2.05) is 43.3 Å². The Morgan fingerprint density at radius 1 is 0.938 bits per heavy atom. The number of nitrogens with zero attached hydrogens (tertiary/aromatic N) is 1. The minimum Gasteiger partial charge on any atom is -0.337 e. The van der Waals surface area contributed by atoms with Gasteiger partial charge < -0.3 is 9.88 Å². The van der Waals surface area contributed by atoms with Crippen molar-refractivity contribution in [2.45, 2.75) is 43.0 Å². The third kappa shape index (κ3) is 4.32. The lowest BCUT2D eigenvalue weighted by Gasteiger charge is -2.09. The van der Waals surface area contributed by atoms with Gasteiger partial charge in [-0.15, -0.1) is 0 Å². The van der Waals surface area contributed by atoms with E-state index >= 15 is 0 Å². The van der Waals surface area contributed by atoms with Crippen LogP contribution in [0.4, 0.5) is 5.69 Å². The van der Waals surface area contributed by atoms with E-state index in [2.05, 4.69) is 19.2 Å². The van der Waals surface area contributed by atoms with E-state index in [0.717, 1.165) is 5.56 Å². The third-order valence-corrected chi connectivity index (χ3v) is 7.35. The number of nitrogens with one attached hydrogen (secondary N) is 1. The molecule has 1 heterocycles. The molecule has 32 heavy (non-hydrogen) atoms. The molecule has 6 heteroatoms. The van der Waals surface area contributed by atoms with Crippen molar-refractivity contribution in [3.8, 4) is 0 Å². The van der Waals surface area contributed by atoms with Crippen LogP contribution in [0.25, 0.3) is 10.9 Å². The number of carbonyl (C=O) groups is 1. The summed E-state index contributed by atoms with van der Waals surface area (Å²) in [5, 5.41) is 3.50. The number of aromatic nitrogens is 1. The van der Waals surface area contributed by atoms with Crippen molar-refractivity contribution in [1.29, 1.82) is 0 Å². The molecule has 0 spiro atoms. The maximum Gasteiger partial charge on any atom is 0.244 e. The molecular weight excluding hydrogens is 420 g/mol. The van der Waals surface area contributed by atoms with Crippen molar-refractivity contribution in [2.75, 3.05) is 5.32 Å². The van der Waals surface area contributed by atoms with E-state index in [-0.39, 0.29) is 22.2 Å². The summed E-state index contributed by atoms with van der Waals surface area (Å²) in [7, 11) is -3.72. The Hall–Kier alpha value is -3.38. The highest BCUT2D eigenvalue weighted by Gasteiger charge is 2.23. The number of benzene rings is 3.